The van der Waals surface area contributed by atoms with Crippen molar-refractivity contribution >= 4 is 17.6 Å². The molecule has 2 N–H and O–H groups in total. The number of aliphatic hydroxyl groups is 1. The van der Waals surface area contributed by atoms with Gasteiger partial charge < -0.3 is 15.3 Å². The van der Waals surface area contributed by atoms with Crippen LogP contribution in [-0.2, 0) is 0 Å². The van der Waals surface area contributed by atoms with E-state index in [9.17, 15) is 4.79 Å². The van der Waals surface area contributed by atoms with Crippen LogP contribution < -0.4 is 5.32 Å². The molecule has 1 unspecified atom stereocenters. The molecule has 0 bridgehead atoms. The Morgan fingerprint density at radius 3 is 2.79 bits per heavy atom. The number of hydrogen-bond donors (Lipinski definition) is 2. The number of benzene rings is 1. The molecule has 0 spiro atoms. The van der Waals surface area contributed by atoms with E-state index in [4.69, 9.17) is 16.7 Å². The Balaban J connectivity index is 2.64. The monoisotopic (exact) mass is 284 g/mol. The Kier molecular flexibility index (Phi) is 6.67. The molecule has 0 radical (unpaired) electrons. The van der Waals surface area contributed by atoms with E-state index in [1.807, 2.05) is 32.0 Å². The minimum atomic E-state index is -0.164. The van der Waals surface area contributed by atoms with Crippen LogP contribution in [0.15, 0.2) is 24.3 Å². The first-order chi connectivity index (χ1) is 9.08. The number of halogens is 1. The SMILES string of the molecule is CCCN(CCO)C(=O)NC(C)c1cccc(Cl)c1. The Bertz CT molecular complexity index is 406. The molecule has 1 atom stereocenters. The van der Waals surface area contributed by atoms with Gasteiger partial charge in [0.05, 0.1) is 12.6 Å². The van der Waals surface area contributed by atoms with Gasteiger partial charge in [-0.2, -0.15) is 0 Å². The minimum Gasteiger partial charge on any atom is -0.395 e. The van der Waals surface area contributed by atoms with Crippen LogP contribution in [0.2, 0.25) is 5.02 Å². The average Bonchev–Trinajstić information content (AvgIpc) is 2.38. The summed E-state index contributed by atoms with van der Waals surface area (Å²) in [5.74, 6) is 0. The predicted octanol–water partition coefficient (Wildman–Crippen LogP) is 2.81. The average molecular weight is 285 g/mol. The van der Waals surface area contributed by atoms with Crippen LogP contribution in [-0.4, -0.2) is 35.7 Å². The molecule has 19 heavy (non-hydrogen) atoms. The summed E-state index contributed by atoms with van der Waals surface area (Å²) in [6, 6.07) is 7.13. The maximum absolute atomic E-state index is 12.1. The third kappa shape index (κ3) is 5.09. The third-order valence-electron chi connectivity index (χ3n) is 2.84. The molecule has 0 aromatic heterocycles. The summed E-state index contributed by atoms with van der Waals surface area (Å²) in [6.07, 6.45) is 0.860. The van der Waals surface area contributed by atoms with Crippen molar-refractivity contribution in [2.24, 2.45) is 0 Å². The zero-order chi connectivity index (χ0) is 14.3. The number of amides is 2. The highest BCUT2D eigenvalue weighted by Crippen LogP contribution is 2.17. The number of urea groups is 1. The van der Waals surface area contributed by atoms with E-state index in [0.29, 0.717) is 18.1 Å². The summed E-state index contributed by atoms with van der Waals surface area (Å²) in [7, 11) is 0. The molecule has 1 aromatic carbocycles. The molecule has 5 heteroatoms. The predicted molar refractivity (Wildman–Crippen MR) is 77.3 cm³/mol. The second kappa shape index (κ2) is 8.02. The first kappa shape index (κ1) is 15.8. The lowest BCUT2D eigenvalue weighted by Crippen LogP contribution is -2.42. The molecule has 0 aliphatic rings. The number of aliphatic hydroxyl groups excluding tert-OH is 1. The molecule has 4 nitrogen and oxygen atoms in total. The van der Waals surface area contributed by atoms with Gasteiger partial charge in [0, 0.05) is 18.1 Å². The van der Waals surface area contributed by atoms with Gasteiger partial charge in [-0.05, 0) is 31.0 Å². The number of carbonyl (C=O) groups excluding carboxylic acids is 1. The summed E-state index contributed by atoms with van der Waals surface area (Å²) >= 11 is 5.93. The van der Waals surface area contributed by atoms with Crippen LogP contribution in [0, 0.1) is 0 Å². The summed E-state index contributed by atoms with van der Waals surface area (Å²) < 4.78 is 0. The molecule has 0 heterocycles. The quantitative estimate of drug-likeness (QED) is 0.844. The van der Waals surface area contributed by atoms with E-state index in [0.717, 1.165) is 12.0 Å². The first-order valence-electron chi connectivity index (χ1n) is 6.50. The Morgan fingerprint density at radius 2 is 2.21 bits per heavy atom. The Morgan fingerprint density at radius 1 is 1.47 bits per heavy atom. The van der Waals surface area contributed by atoms with Crippen LogP contribution in [0.1, 0.15) is 31.9 Å². The van der Waals surface area contributed by atoms with Crippen molar-refractivity contribution in [2.75, 3.05) is 19.7 Å². The van der Waals surface area contributed by atoms with Crippen molar-refractivity contribution < 1.29 is 9.90 Å². The highest BCUT2D eigenvalue weighted by atomic mass is 35.5. The molecule has 106 valence electrons. The van der Waals surface area contributed by atoms with Crippen LogP contribution in [0.5, 0.6) is 0 Å². The van der Waals surface area contributed by atoms with Gasteiger partial charge in [-0.15, -0.1) is 0 Å². The topological polar surface area (TPSA) is 52.6 Å². The molecule has 0 fully saturated rings. The van der Waals surface area contributed by atoms with Crippen LogP contribution in [0.25, 0.3) is 0 Å². The second-order valence-electron chi connectivity index (χ2n) is 4.44. The maximum atomic E-state index is 12.1. The molecular formula is C14H21ClN2O2. The fraction of sp³-hybridized carbons (Fsp3) is 0.500. The van der Waals surface area contributed by atoms with Crippen molar-refractivity contribution in [3.8, 4) is 0 Å². The van der Waals surface area contributed by atoms with Gasteiger partial charge in [0.15, 0.2) is 0 Å². The highest BCUT2D eigenvalue weighted by molar-refractivity contribution is 6.30. The van der Waals surface area contributed by atoms with Gasteiger partial charge in [0.2, 0.25) is 0 Å². The number of nitrogens with one attached hydrogen (secondary N) is 1. The lowest BCUT2D eigenvalue weighted by atomic mass is 10.1. The fourth-order valence-corrected chi connectivity index (χ4v) is 2.04. The Hall–Kier alpha value is -1.26. The van der Waals surface area contributed by atoms with E-state index in [-0.39, 0.29) is 18.7 Å². The van der Waals surface area contributed by atoms with E-state index in [1.54, 1.807) is 11.0 Å². The van der Waals surface area contributed by atoms with Crippen molar-refractivity contribution in [1.29, 1.82) is 0 Å². The van der Waals surface area contributed by atoms with Gasteiger partial charge in [-0.25, -0.2) is 4.79 Å². The smallest absolute Gasteiger partial charge is 0.317 e. The lowest BCUT2D eigenvalue weighted by molar-refractivity contribution is 0.174. The normalized spacial score (nSPS) is 12.0. The summed E-state index contributed by atoms with van der Waals surface area (Å²) in [4.78, 5) is 13.7. The molecule has 1 aromatic rings. The van der Waals surface area contributed by atoms with Gasteiger partial charge in [-0.1, -0.05) is 30.7 Å². The summed E-state index contributed by atoms with van der Waals surface area (Å²) in [5.41, 5.74) is 0.960. The standard InChI is InChI=1S/C14H21ClN2O2/c1-3-7-17(8-9-18)14(19)16-11(2)12-5-4-6-13(15)10-12/h4-6,10-11,18H,3,7-9H2,1-2H3,(H,16,19). The molecule has 0 saturated heterocycles. The van der Waals surface area contributed by atoms with E-state index < -0.39 is 0 Å². The van der Waals surface area contributed by atoms with Crippen LogP contribution in [0.4, 0.5) is 4.79 Å². The van der Waals surface area contributed by atoms with Gasteiger partial charge in [0.25, 0.3) is 0 Å². The number of hydrogen-bond acceptors (Lipinski definition) is 2. The minimum absolute atomic E-state index is 0.0288. The zero-order valence-electron chi connectivity index (χ0n) is 11.4. The molecule has 0 aliphatic heterocycles. The van der Waals surface area contributed by atoms with E-state index in [2.05, 4.69) is 5.32 Å². The molecule has 0 saturated carbocycles. The molecular weight excluding hydrogens is 264 g/mol. The zero-order valence-corrected chi connectivity index (χ0v) is 12.2. The highest BCUT2D eigenvalue weighted by Gasteiger charge is 2.15. The molecule has 2 amide bonds. The maximum Gasteiger partial charge on any atom is 0.317 e. The third-order valence-corrected chi connectivity index (χ3v) is 3.07. The molecule has 1 rings (SSSR count). The van der Waals surface area contributed by atoms with Crippen molar-refractivity contribution in [3.63, 3.8) is 0 Å². The summed E-state index contributed by atoms with van der Waals surface area (Å²) in [5, 5.41) is 12.5. The largest absolute Gasteiger partial charge is 0.395 e. The van der Waals surface area contributed by atoms with E-state index >= 15 is 0 Å². The van der Waals surface area contributed by atoms with Crippen molar-refractivity contribution in [2.45, 2.75) is 26.3 Å². The van der Waals surface area contributed by atoms with E-state index in [1.165, 1.54) is 0 Å². The van der Waals surface area contributed by atoms with Crippen LogP contribution in [0.3, 0.4) is 0 Å². The van der Waals surface area contributed by atoms with Crippen LogP contribution >= 0.6 is 11.6 Å². The van der Waals surface area contributed by atoms with Gasteiger partial charge in [0.1, 0.15) is 0 Å². The number of nitrogens with zero attached hydrogens (tertiary/aromatic N) is 1. The first-order valence-corrected chi connectivity index (χ1v) is 6.88. The fourth-order valence-electron chi connectivity index (χ4n) is 1.84. The van der Waals surface area contributed by atoms with Gasteiger partial charge in [-0.3, -0.25) is 0 Å². The lowest BCUT2D eigenvalue weighted by Gasteiger charge is -2.24. The second-order valence-corrected chi connectivity index (χ2v) is 4.87. The number of carbonyl (C=O) groups is 1. The Labute approximate surface area is 119 Å². The van der Waals surface area contributed by atoms with Gasteiger partial charge >= 0.3 is 6.03 Å². The number of rotatable bonds is 6. The summed E-state index contributed by atoms with van der Waals surface area (Å²) in [6.45, 7) is 4.86. The van der Waals surface area contributed by atoms with Crippen molar-refractivity contribution in [1.82, 2.24) is 10.2 Å². The molecule has 0 aliphatic carbocycles. The van der Waals surface area contributed by atoms with Crippen molar-refractivity contribution in [3.05, 3.63) is 34.9 Å².